The molecule has 204 valence electrons. The molecule has 2 bridgehead atoms. The van der Waals surface area contributed by atoms with Crippen LogP contribution in [0.15, 0.2) is 30.3 Å². The molecule has 5 rings (SSSR count). The summed E-state index contributed by atoms with van der Waals surface area (Å²) < 4.78 is 12.1. The highest BCUT2D eigenvalue weighted by atomic mass is 16.5. The minimum Gasteiger partial charge on any atom is -0.490 e. The Balaban J connectivity index is 1.33. The molecule has 1 saturated carbocycles. The van der Waals surface area contributed by atoms with Crippen molar-refractivity contribution in [3.8, 4) is 16.9 Å². The topological polar surface area (TPSA) is 108 Å². The van der Waals surface area contributed by atoms with Crippen LogP contribution in [0.2, 0.25) is 0 Å². The van der Waals surface area contributed by atoms with Gasteiger partial charge in [0.05, 0.1) is 11.8 Å². The van der Waals surface area contributed by atoms with Crippen molar-refractivity contribution in [2.75, 3.05) is 7.05 Å². The number of benzene rings is 1. The third-order valence-electron chi connectivity index (χ3n) is 8.81. The number of rotatable bonds is 9. The van der Waals surface area contributed by atoms with Crippen LogP contribution in [-0.2, 0) is 16.0 Å². The first-order valence-corrected chi connectivity index (χ1v) is 14.3. The third kappa shape index (κ3) is 5.41. The number of amides is 1. The molecule has 2 aliphatic heterocycles. The van der Waals surface area contributed by atoms with Crippen molar-refractivity contribution in [1.82, 2.24) is 15.1 Å². The highest BCUT2D eigenvalue weighted by Crippen LogP contribution is 2.44. The number of carbonyl (C=O) groups excluding carboxylic acids is 2. The highest BCUT2D eigenvalue weighted by Gasteiger charge is 2.54. The number of nitrogens with two attached hydrogens (primary N) is 1. The second-order valence-corrected chi connectivity index (χ2v) is 11.3. The molecule has 3 unspecified atom stereocenters. The number of ether oxygens (including phenoxy) is 2. The van der Waals surface area contributed by atoms with Crippen LogP contribution in [0.5, 0.6) is 5.75 Å². The van der Waals surface area contributed by atoms with Crippen LogP contribution in [0.3, 0.4) is 0 Å². The average Bonchev–Trinajstić information content (AvgIpc) is 3.11. The Labute approximate surface area is 225 Å². The number of piperidine rings is 1. The van der Waals surface area contributed by atoms with Crippen LogP contribution in [0.1, 0.15) is 93.7 Å². The molecule has 3 heterocycles. The smallest absolute Gasteiger partial charge is 0.359 e. The summed E-state index contributed by atoms with van der Waals surface area (Å²) in [6, 6.07) is 10.1. The normalized spacial score (nSPS) is 25.7. The van der Waals surface area contributed by atoms with Gasteiger partial charge in [0.2, 0.25) is 5.91 Å². The van der Waals surface area contributed by atoms with Gasteiger partial charge in [0.1, 0.15) is 17.4 Å². The van der Waals surface area contributed by atoms with Crippen molar-refractivity contribution in [1.29, 1.82) is 0 Å². The molecule has 8 nitrogen and oxygen atoms in total. The van der Waals surface area contributed by atoms with Crippen LogP contribution in [0.25, 0.3) is 11.1 Å². The van der Waals surface area contributed by atoms with Crippen molar-refractivity contribution in [2.24, 2.45) is 5.73 Å². The number of aryl methyl sites for hydroxylation is 1. The van der Waals surface area contributed by atoms with Gasteiger partial charge in [-0.1, -0.05) is 31.9 Å². The predicted octanol–water partition coefficient (Wildman–Crippen LogP) is 4.84. The molecule has 8 heteroatoms. The van der Waals surface area contributed by atoms with Gasteiger partial charge in [0.25, 0.3) is 0 Å². The first-order chi connectivity index (χ1) is 18.4. The van der Waals surface area contributed by atoms with Crippen molar-refractivity contribution in [3.63, 3.8) is 0 Å². The number of esters is 1. The van der Waals surface area contributed by atoms with E-state index < -0.39 is 11.5 Å². The maximum absolute atomic E-state index is 13.2. The number of hydrogen-bond donors (Lipinski definition) is 1. The van der Waals surface area contributed by atoms with E-state index in [0.29, 0.717) is 25.4 Å². The van der Waals surface area contributed by atoms with Gasteiger partial charge in [-0.2, -0.15) is 5.10 Å². The second kappa shape index (κ2) is 11.4. The van der Waals surface area contributed by atoms with Crippen LogP contribution in [0.4, 0.5) is 0 Å². The summed E-state index contributed by atoms with van der Waals surface area (Å²) in [6.45, 7) is 2.14. The second-order valence-electron chi connectivity index (χ2n) is 11.3. The molecule has 1 aliphatic carbocycles. The SMILES string of the molecule is CCCCc1nnc(C(=O)OC2CC3CCC(C(N)=O)(C2)N3C)cc1-c1ccc(OC2CCCCC2)cc1. The standard InChI is InChI=1S/C30H40N4O4/c1-3-4-10-26-25(20-11-13-23(14-12-20)37-22-8-6-5-7-9-22)18-27(33-32-26)28(35)38-24-17-21-15-16-30(19-24,29(31)36)34(21)2/h11-14,18,21-22,24H,3-10,15-17,19H2,1-2H3,(H2,31,36). The van der Waals surface area contributed by atoms with Gasteiger partial charge < -0.3 is 15.2 Å². The van der Waals surface area contributed by atoms with E-state index in [1.807, 2.05) is 31.3 Å². The minimum atomic E-state index is -0.740. The number of hydrogen-bond acceptors (Lipinski definition) is 7. The molecular weight excluding hydrogens is 480 g/mol. The van der Waals surface area contributed by atoms with Gasteiger partial charge in [0.15, 0.2) is 5.69 Å². The van der Waals surface area contributed by atoms with Gasteiger partial charge in [-0.15, -0.1) is 5.10 Å². The Hall–Kier alpha value is -3.00. The van der Waals surface area contributed by atoms with E-state index in [2.05, 4.69) is 22.0 Å². The van der Waals surface area contributed by atoms with E-state index in [4.69, 9.17) is 15.2 Å². The molecule has 0 radical (unpaired) electrons. The Morgan fingerprint density at radius 1 is 1.08 bits per heavy atom. The number of unbranched alkanes of at least 4 members (excludes halogenated alkanes) is 1. The number of aromatic nitrogens is 2. The number of fused-ring (bicyclic) bond motifs is 2. The van der Waals surface area contributed by atoms with Crippen LogP contribution >= 0.6 is 0 Å². The largest absolute Gasteiger partial charge is 0.490 e. The quantitative estimate of drug-likeness (QED) is 0.472. The molecule has 3 aliphatic rings. The molecule has 1 aromatic carbocycles. The molecule has 2 N–H and O–H groups in total. The van der Waals surface area contributed by atoms with Crippen molar-refractivity contribution < 1.29 is 19.1 Å². The van der Waals surface area contributed by atoms with Crippen molar-refractivity contribution >= 4 is 11.9 Å². The fourth-order valence-electron chi connectivity index (χ4n) is 6.49. The zero-order chi connectivity index (χ0) is 26.7. The monoisotopic (exact) mass is 520 g/mol. The summed E-state index contributed by atoms with van der Waals surface area (Å²) in [6.07, 6.45) is 11.4. The van der Waals surface area contributed by atoms with Crippen LogP contribution < -0.4 is 10.5 Å². The van der Waals surface area contributed by atoms with Gasteiger partial charge in [-0.25, -0.2) is 4.79 Å². The molecule has 38 heavy (non-hydrogen) atoms. The lowest BCUT2D eigenvalue weighted by Gasteiger charge is -2.43. The van der Waals surface area contributed by atoms with Gasteiger partial charge in [-0.3, -0.25) is 9.69 Å². The summed E-state index contributed by atoms with van der Waals surface area (Å²) in [7, 11) is 1.94. The number of carbonyl (C=O) groups is 2. The highest BCUT2D eigenvalue weighted by molar-refractivity contribution is 5.89. The predicted molar refractivity (Wildman–Crippen MR) is 145 cm³/mol. The zero-order valence-corrected chi connectivity index (χ0v) is 22.7. The van der Waals surface area contributed by atoms with E-state index in [1.54, 1.807) is 6.07 Å². The van der Waals surface area contributed by atoms with E-state index in [1.165, 1.54) is 19.3 Å². The molecular formula is C30H40N4O4. The molecule has 2 aromatic rings. The van der Waals surface area contributed by atoms with Crippen LogP contribution in [0, 0.1) is 0 Å². The first-order valence-electron chi connectivity index (χ1n) is 14.3. The van der Waals surface area contributed by atoms with Gasteiger partial charge >= 0.3 is 5.97 Å². The zero-order valence-electron chi connectivity index (χ0n) is 22.7. The first kappa shape index (κ1) is 26.6. The number of nitrogens with zero attached hydrogens (tertiary/aromatic N) is 3. The minimum absolute atomic E-state index is 0.182. The Morgan fingerprint density at radius 2 is 1.84 bits per heavy atom. The lowest BCUT2D eigenvalue weighted by Crippen LogP contribution is -2.59. The Morgan fingerprint density at radius 3 is 2.55 bits per heavy atom. The van der Waals surface area contributed by atoms with E-state index in [9.17, 15) is 9.59 Å². The third-order valence-corrected chi connectivity index (χ3v) is 8.81. The lowest BCUT2D eigenvalue weighted by atomic mass is 9.86. The molecule has 3 fully saturated rings. The van der Waals surface area contributed by atoms with E-state index in [-0.39, 0.29) is 23.7 Å². The van der Waals surface area contributed by atoms with Gasteiger partial charge in [0, 0.05) is 24.4 Å². The average molecular weight is 521 g/mol. The summed E-state index contributed by atoms with van der Waals surface area (Å²) in [5.41, 5.74) is 7.96. The fourth-order valence-corrected chi connectivity index (χ4v) is 6.49. The summed E-state index contributed by atoms with van der Waals surface area (Å²) >= 11 is 0. The molecule has 2 saturated heterocycles. The van der Waals surface area contributed by atoms with Crippen molar-refractivity contribution in [3.05, 3.63) is 41.7 Å². The molecule has 1 aromatic heterocycles. The van der Waals surface area contributed by atoms with E-state index >= 15 is 0 Å². The number of likely N-dealkylation sites (N-methyl/N-ethyl adjacent to an activating group) is 1. The molecule has 3 atom stereocenters. The Bertz CT molecular complexity index is 1150. The summed E-state index contributed by atoms with van der Waals surface area (Å²) in [4.78, 5) is 27.6. The molecule has 0 spiro atoms. The van der Waals surface area contributed by atoms with E-state index in [0.717, 1.165) is 61.1 Å². The van der Waals surface area contributed by atoms with Crippen molar-refractivity contribution in [2.45, 2.75) is 108 Å². The summed E-state index contributed by atoms with van der Waals surface area (Å²) in [5, 5.41) is 8.70. The van der Waals surface area contributed by atoms with Gasteiger partial charge in [-0.05, 0) is 82.2 Å². The summed E-state index contributed by atoms with van der Waals surface area (Å²) in [5.74, 6) is 0.0193. The maximum atomic E-state index is 13.2. The lowest BCUT2D eigenvalue weighted by molar-refractivity contribution is -0.134. The number of primary amides is 1. The fraction of sp³-hybridized carbons (Fsp3) is 0.600. The Kier molecular flexibility index (Phi) is 7.98. The molecule has 1 amide bonds. The van der Waals surface area contributed by atoms with Crippen LogP contribution in [-0.4, -0.2) is 57.8 Å². The maximum Gasteiger partial charge on any atom is 0.359 e.